The number of methoxy groups -OCH3 is 1. The molecule has 3 heterocycles. The summed E-state index contributed by atoms with van der Waals surface area (Å²) < 4.78 is 31.0. The standard InChI is InChI=1S/C43H70N2O8/c1-26-20-29(37(39(5,6)48)51-27(2)46)52-35-34(26)40(7)14-15-43-25-42(43)13-12-32(38(3,4)30(42)10-11-31(43)41(40,8)36(35)47)53-33-24-45(17-19-50-33)23-28-21-44(22-28)16-18-49-9/h26,28-35,37,48H,10-25H2,1-9H3/t26-,29?,30+,31?,32+,33+,34+,35?,37+,40-,41-,42-,43?/m1/s1. The van der Waals surface area contributed by atoms with Gasteiger partial charge in [-0.1, -0.05) is 34.6 Å². The second-order valence-electron chi connectivity index (χ2n) is 20.8. The first-order valence-electron chi connectivity index (χ1n) is 21.2. The fraction of sp³-hybridized carbons (Fsp3) is 0.953. The summed E-state index contributed by atoms with van der Waals surface area (Å²) in [5.74, 6) is 1.79. The lowest BCUT2D eigenvalue weighted by Gasteiger charge is -2.62. The van der Waals surface area contributed by atoms with Gasteiger partial charge >= 0.3 is 5.97 Å². The van der Waals surface area contributed by atoms with Crippen molar-refractivity contribution in [3.63, 3.8) is 0 Å². The Kier molecular flexibility index (Phi) is 9.65. The van der Waals surface area contributed by atoms with Gasteiger partial charge in [0.2, 0.25) is 0 Å². The average Bonchev–Trinajstić information content (AvgIpc) is 3.70. The molecule has 8 fully saturated rings. The maximum atomic E-state index is 15.1. The Balaban J connectivity index is 0.959. The number of Topliss-reactive ketones (excluding diaryl/α,β-unsaturated/α-hetero) is 1. The van der Waals surface area contributed by atoms with E-state index < -0.39 is 35.3 Å². The van der Waals surface area contributed by atoms with Gasteiger partial charge in [-0.15, -0.1) is 0 Å². The van der Waals surface area contributed by atoms with Crippen LogP contribution in [0, 0.1) is 56.7 Å². The SMILES string of the molecule is COCCN1CC(CN2CCO[C@@H](O[C@H]3CC[C@]45CC46CC[C@]4(C)[C@@H]7C(OC([C@H](OC(C)=O)C(C)(C)O)C[C@H]7C)C(=O)[C@@]4(C)C6CC[C@H]5C3(C)C)C2)C1. The van der Waals surface area contributed by atoms with Crippen molar-refractivity contribution in [1.82, 2.24) is 9.80 Å². The monoisotopic (exact) mass is 743 g/mol. The van der Waals surface area contributed by atoms with Crippen LogP contribution < -0.4 is 0 Å². The number of esters is 1. The van der Waals surface area contributed by atoms with Gasteiger partial charge in [0.25, 0.3) is 0 Å². The van der Waals surface area contributed by atoms with Gasteiger partial charge in [-0.05, 0) is 111 Å². The molecule has 5 aliphatic carbocycles. The molecule has 53 heavy (non-hydrogen) atoms. The molecule has 0 amide bonds. The number of fused-ring (bicyclic) bond motifs is 4. The molecular weight excluding hydrogens is 672 g/mol. The van der Waals surface area contributed by atoms with Crippen molar-refractivity contribution in [2.75, 3.05) is 59.6 Å². The summed E-state index contributed by atoms with van der Waals surface area (Å²) in [6.45, 7) is 24.5. The van der Waals surface area contributed by atoms with E-state index in [1.165, 1.54) is 26.2 Å². The van der Waals surface area contributed by atoms with Crippen LogP contribution in [0.25, 0.3) is 0 Å². The minimum atomic E-state index is -1.28. The fourth-order valence-electron chi connectivity index (χ4n) is 15.0. The average molecular weight is 743 g/mol. The maximum Gasteiger partial charge on any atom is 0.303 e. The Morgan fingerprint density at radius 2 is 1.74 bits per heavy atom. The number of ether oxygens (including phenoxy) is 5. The highest BCUT2D eigenvalue weighted by Crippen LogP contribution is 2.89. The van der Waals surface area contributed by atoms with Crippen molar-refractivity contribution >= 4 is 11.8 Å². The molecule has 1 N–H and O–H groups in total. The first kappa shape index (κ1) is 38.7. The summed E-state index contributed by atoms with van der Waals surface area (Å²) in [5.41, 5.74) is -1.41. The number of carbonyl (C=O) groups is 2. The second kappa shape index (κ2) is 13.2. The maximum absolute atomic E-state index is 15.1. The van der Waals surface area contributed by atoms with E-state index in [0.29, 0.717) is 24.2 Å². The third kappa shape index (κ3) is 5.79. The topological polar surface area (TPSA) is 107 Å². The van der Waals surface area contributed by atoms with Crippen LogP contribution in [0.2, 0.25) is 0 Å². The predicted molar refractivity (Wildman–Crippen MR) is 200 cm³/mol. The fourth-order valence-corrected chi connectivity index (χ4v) is 15.0. The molecule has 300 valence electrons. The zero-order valence-corrected chi connectivity index (χ0v) is 34.3. The van der Waals surface area contributed by atoms with Crippen LogP contribution in [0.5, 0.6) is 0 Å². The number of aliphatic hydroxyl groups is 1. The van der Waals surface area contributed by atoms with E-state index in [-0.39, 0.29) is 51.7 Å². The second-order valence-corrected chi connectivity index (χ2v) is 20.8. The molecule has 4 unspecified atom stereocenters. The Labute approximate surface area is 318 Å². The summed E-state index contributed by atoms with van der Waals surface area (Å²) in [4.78, 5) is 32.3. The number of rotatable bonds is 10. The summed E-state index contributed by atoms with van der Waals surface area (Å²) >= 11 is 0. The first-order chi connectivity index (χ1) is 24.9. The molecular formula is C43H70N2O8. The van der Waals surface area contributed by atoms with E-state index in [1.807, 2.05) is 0 Å². The van der Waals surface area contributed by atoms with Crippen molar-refractivity contribution in [3.8, 4) is 0 Å². The van der Waals surface area contributed by atoms with E-state index in [9.17, 15) is 9.90 Å². The van der Waals surface area contributed by atoms with Crippen LogP contribution >= 0.6 is 0 Å². The molecule has 5 saturated carbocycles. The van der Waals surface area contributed by atoms with Gasteiger partial charge in [0.15, 0.2) is 18.2 Å². The lowest BCUT2D eigenvalue weighted by Crippen LogP contribution is -2.60. The van der Waals surface area contributed by atoms with Crippen LogP contribution in [0.3, 0.4) is 0 Å². The van der Waals surface area contributed by atoms with E-state index >= 15 is 4.79 Å². The van der Waals surface area contributed by atoms with Crippen molar-refractivity contribution in [1.29, 1.82) is 0 Å². The first-order valence-corrected chi connectivity index (χ1v) is 21.2. The number of ketones is 1. The Morgan fingerprint density at radius 1 is 1.02 bits per heavy atom. The van der Waals surface area contributed by atoms with E-state index in [2.05, 4.69) is 44.4 Å². The zero-order chi connectivity index (χ0) is 37.9. The number of nitrogens with zero attached hydrogens (tertiary/aromatic N) is 2. The van der Waals surface area contributed by atoms with Crippen molar-refractivity contribution in [2.24, 2.45) is 56.7 Å². The number of hydrogen-bond donors (Lipinski definition) is 1. The summed E-state index contributed by atoms with van der Waals surface area (Å²) in [7, 11) is 1.78. The van der Waals surface area contributed by atoms with Crippen molar-refractivity contribution in [3.05, 3.63) is 0 Å². The van der Waals surface area contributed by atoms with Gasteiger partial charge in [0, 0.05) is 64.6 Å². The molecule has 0 aromatic heterocycles. The highest BCUT2D eigenvalue weighted by Gasteiger charge is 2.85. The molecule has 0 radical (unpaired) electrons. The minimum Gasteiger partial charge on any atom is -0.457 e. The highest BCUT2D eigenvalue weighted by atomic mass is 16.7. The van der Waals surface area contributed by atoms with Gasteiger partial charge in [-0.3, -0.25) is 14.5 Å². The Hall–Kier alpha value is -1.14. The highest BCUT2D eigenvalue weighted by molar-refractivity contribution is 5.93. The molecule has 3 aliphatic heterocycles. The zero-order valence-electron chi connectivity index (χ0n) is 34.3. The van der Waals surface area contributed by atoms with Gasteiger partial charge in [0.1, 0.15) is 6.10 Å². The number of morpholine rings is 1. The molecule has 8 rings (SSSR count). The molecule has 13 atom stereocenters. The van der Waals surface area contributed by atoms with Crippen LogP contribution in [0.1, 0.15) is 107 Å². The quantitative estimate of drug-likeness (QED) is 0.296. The lowest BCUT2D eigenvalue weighted by atomic mass is 9.41. The number of likely N-dealkylation sites (tertiary alicyclic amines) is 1. The third-order valence-electron chi connectivity index (χ3n) is 17.4. The summed E-state index contributed by atoms with van der Waals surface area (Å²) in [6.07, 6.45) is 6.71. The van der Waals surface area contributed by atoms with E-state index in [1.54, 1.807) is 21.0 Å². The molecule has 0 aromatic carbocycles. The molecule has 2 spiro atoms. The third-order valence-corrected chi connectivity index (χ3v) is 17.4. The van der Waals surface area contributed by atoms with Gasteiger partial charge in [-0.2, -0.15) is 0 Å². The molecule has 8 aliphatic rings. The van der Waals surface area contributed by atoms with Crippen LogP contribution in [-0.2, 0) is 33.3 Å². The summed E-state index contributed by atoms with van der Waals surface area (Å²) in [6, 6.07) is 0. The van der Waals surface area contributed by atoms with Crippen molar-refractivity contribution in [2.45, 2.75) is 143 Å². The molecule has 3 saturated heterocycles. The largest absolute Gasteiger partial charge is 0.457 e. The van der Waals surface area contributed by atoms with E-state index in [0.717, 1.165) is 78.2 Å². The molecule has 10 heteroatoms. The Bertz CT molecular complexity index is 1430. The number of carbonyl (C=O) groups excluding carboxylic acids is 2. The predicted octanol–water partition coefficient (Wildman–Crippen LogP) is 5.33. The van der Waals surface area contributed by atoms with Crippen LogP contribution in [0.4, 0.5) is 0 Å². The summed E-state index contributed by atoms with van der Waals surface area (Å²) in [5, 5.41) is 11.1. The Morgan fingerprint density at radius 3 is 2.43 bits per heavy atom. The van der Waals surface area contributed by atoms with Gasteiger partial charge < -0.3 is 33.7 Å². The van der Waals surface area contributed by atoms with Crippen LogP contribution in [-0.4, -0.2) is 123 Å². The van der Waals surface area contributed by atoms with Crippen LogP contribution in [0.15, 0.2) is 0 Å². The van der Waals surface area contributed by atoms with Gasteiger partial charge in [0.05, 0.1) is 31.0 Å². The normalized spacial score (nSPS) is 47.3. The minimum absolute atomic E-state index is 0.0250. The molecule has 0 aromatic rings. The van der Waals surface area contributed by atoms with E-state index in [4.69, 9.17) is 23.7 Å². The van der Waals surface area contributed by atoms with Crippen molar-refractivity contribution < 1.29 is 38.4 Å². The van der Waals surface area contributed by atoms with Gasteiger partial charge in [-0.25, -0.2) is 0 Å². The molecule has 10 nitrogen and oxygen atoms in total. The lowest BCUT2D eigenvalue weighted by molar-refractivity contribution is -0.248. The number of hydrogen-bond acceptors (Lipinski definition) is 10. The smallest absolute Gasteiger partial charge is 0.303 e. The molecule has 0 bridgehead atoms.